The molecule has 0 radical (unpaired) electrons. The van der Waals surface area contributed by atoms with Crippen molar-refractivity contribution in [3.8, 4) is 0 Å². The molecule has 0 aromatic heterocycles. The molecular weight excluding hydrogens is 302 g/mol. The quantitative estimate of drug-likeness (QED) is 0.841. The van der Waals surface area contributed by atoms with Gasteiger partial charge in [0, 0.05) is 31.7 Å². The van der Waals surface area contributed by atoms with Crippen LogP contribution in [0.5, 0.6) is 0 Å². The second kappa shape index (κ2) is 7.84. The van der Waals surface area contributed by atoms with E-state index in [0.717, 1.165) is 26.4 Å². The van der Waals surface area contributed by atoms with Crippen LogP contribution < -0.4 is 5.32 Å². The monoisotopic (exact) mass is 326 g/mol. The van der Waals surface area contributed by atoms with Crippen molar-refractivity contribution in [3.63, 3.8) is 0 Å². The number of hydrogen-bond acceptors (Lipinski definition) is 3. The minimum atomic E-state index is -3.02. The van der Waals surface area contributed by atoms with Crippen LogP contribution in [0, 0.1) is 5.92 Å². The normalized spacial score (nSPS) is 22.8. The average molecular weight is 326 g/mol. The fraction of sp³-hybridized carbons (Fsp3) is 0.588. The molecule has 0 aliphatic carbocycles. The van der Waals surface area contributed by atoms with Crippen molar-refractivity contribution in [2.45, 2.75) is 38.3 Å². The molecule has 1 aromatic rings. The number of carbonyl (C=O) groups is 1. The van der Waals surface area contributed by atoms with Gasteiger partial charge in [0.25, 0.3) is 5.92 Å². The van der Waals surface area contributed by atoms with E-state index in [2.05, 4.69) is 10.2 Å². The largest absolute Gasteiger partial charge is 0.396 e. The summed E-state index contributed by atoms with van der Waals surface area (Å²) in [4.78, 5) is 13.9. The summed E-state index contributed by atoms with van der Waals surface area (Å²) in [6.45, 7) is 2.80. The van der Waals surface area contributed by atoms with E-state index in [9.17, 15) is 18.7 Å². The van der Waals surface area contributed by atoms with Crippen molar-refractivity contribution in [3.05, 3.63) is 35.9 Å². The summed E-state index contributed by atoms with van der Waals surface area (Å²) in [5.41, 5.74) is 1.17. The molecule has 1 heterocycles. The number of hydrogen-bond donors (Lipinski definition) is 2. The summed E-state index contributed by atoms with van der Waals surface area (Å²) in [5.74, 6) is -3.77. The van der Waals surface area contributed by atoms with Gasteiger partial charge in [0.15, 0.2) is 0 Å². The van der Waals surface area contributed by atoms with Gasteiger partial charge in [-0.05, 0) is 25.5 Å². The van der Waals surface area contributed by atoms with Gasteiger partial charge in [-0.25, -0.2) is 8.78 Å². The predicted molar refractivity (Wildman–Crippen MR) is 84.1 cm³/mol. The molecule has 0 bridgehead atoms. The number of alkyl halides is 2. The zero-order chi connectivity index (χ0) is 16.9. The molecule has 0 saturated carbocycles. The highest BCUT2D eigenvalue weighted by molar-refractivity contribution is 5.77. The van der Waals surface area contributed by atoms with Gasteiger partial charge in [0.05, 0.1) is 6.42 Å². The lowest BCUT2D eigenvalue weighted by molar-refractivity contribution is -0.129. The number of nitrogens with zero attached hydrogens (tertiary/aromatic N) is 1. The van der Waals surface area contributed by atoms with Crippen molar-refractivity contribution in [1.29, 1.82) is 0 Å². The molecule has 2 atom stereocenters. The van der Waals surface area contributed by atoms with Crippen LogP contribution in [0.1, 0.15) is 25.3 Å². The molecule has 2 rings (SSSR count). The lowest BCUT2D eigenvalue weighted by Gasteiger charge is -2.38. The fourth-order valence-corrected chi connectivity index (χ4v) is 2.98. The smallest absolute Gasteiger partial charge is 0.254 e. The Balaban J connectivity index is 1.94. The van der Waals surface area contributed by atoms with Gasteiger partial charge < -0.3 is 10.4 Å². The number of carbonyl (C=O) groups excluding carboxylic acids is 1. The number of benzene rings is 1. The third-order valence-electron chi connectivity index (χ3n) is 4.14. The maximum Gasteiger partial charge on any atom is 0.254 e. The molecule has 128 valence electrons. The minimum absolute atomic E-state index is 0.0490. The number of likely N-dealkylation sites (tertiary alicyclic amines) is 1. The van der Waals surface area contributed by atoms with Crippen LogP contribution in [0.4, 0.5) is 8.78 Å². The number of aliphatic hydroxyl groups is 1. The summed E-state index contributed by atoms with van der Waals surface area (Å²) < 4.78 is 25.9. The summed E-state index contributed by atoms with van der Waals surface area (Å²) in [5, 5.41) is 12.1. The van der Waals surface area contributed by atoms with Crippen LogP contribution in [0.3, 0.4) is 0 Å². The Morgan fingerprint density at radius 1 is 1.39 bits per heavy atom. The van der Waals surface area contributed by atoms with Gasteiger partial charge in [-0.1, -0.05) is 30.3 Å². The number of rotatable bonds is 6. The molecule has 1 amide bonds. The molecule has 23 heavy (non-hydrogen) atoms. The van der Waals surface area contributed by atoms with Crippen molar-refractivity contribution >= 4 is 5.91 Å². The van der Waals surface area contributed by atoms with Crippen LogP contribution in [-0.2, 0) is 11.3 Å². The summed E-state index contributed by atoms with van der Waals surface area (Å²) in [7, 11) is 0. The Morgan fingerprint density at radius 2 is 2.09 bits per heavy atom. The van der Waals surface area contributed by atoms with Gasteiger partial charge >= 0.3 is 0 Å². The summed E-state index contributed by atoms with van der Waals surface area (Å²) in [6.07, 6.45) is -0.0862. The number of aliphatic hydroxyl groups excluding tert-OH is 1. The fourth-order valence-electron chi connectivity index (χ4n) is 2.98. The molecule has 1 aliphatic heterocycles. The van der Waals surface area contributed by atoms with Crippen molar-refractivity contribution in [2.75, 3.05) is 19.7 Å². The van der Waals surface area contributed by atoms with E-state index in [1.54, 1.807) is 0 Å². The second-order valence-electron chi connectivity index (χ2n) is 6.37. The minimum Gasteiger partial charge on any atom is -0.396 e. The number of halogens is 2. The maximum atomic E-state index is 12.9. The molecule has 1 aliphatic rings. The van der Waals surface area contributed by atoms with Gasteiger partial charge in [-0.15, -0.1) is 0 Å². The average Bonchev–Trinajstić information content (AvgIpc) is 2.46. The third-order valence-corrected chi connectivity index (χ3v) is 4.14. The molecule has 2 N–H and O–H groups in total. The van der Waals surface area contributed by atoms with Gasteiger partial charge in [-0.2, -0.15) is 0 Å². The predicted octanol–water partition coefficient (Wildman–Crippen LogP) is 2.03. The summed E-state index contributed by atoms with van der Waals surface area (Å²) in [6, 6.07) is 9.66. The molecule has 6 heteroatoms. The zero-order valence-electron chi connectivity index (χ0n) is 13.3. The van der Waals surface area contributed by atoms with E-state index in [1.807, 2.05) is 30.3 Å². The Bertz CT molecular complexity index is 505. The van der Waals surface area contributed by atoms with E-state index in [4.69, 9.17) is 0 Å². The molecule has 1 saturated heterocycles. The topological polar surface area (TPSA) is 52.6 Å². The van der Waals surface area contributed by atoms with Crippen molar-refractivity contribution in [1.82, 2.24) is 10.2 Å². The first kappa shape index (κ1) is 17.8. The van der Waals surface area contributed by atoms with Crippen LogP contribution >= 0.6 is 0 Å². The van der Waals surface area contributed by atoms with E-state index < -0.39 is 18.3 Å². The molecule has 4 nitrogen and oxygen atoms in total. The second-order valence-corrected chi connectivity index (χ2v) is 6.37. The van der Waals surface area contributed by atoms with E-state index in [-0.39, 0.29) is 18.6 Å². The summed E-state index contributed by atoms with van der Waals surface area (Å²) >= 11 is 0. The molecule has 0 spiro atoms. The SMILES string of the molecule is CC(F)(F)CC(=O)N[C@H]1CN(Cc2ccccc2)CC[C@@H]1CO. The molecule has 1 aromatic carbocycles. The first-order chi connectivity index (χ1) is 10.9. The molecule has 0 unspecified atom stereocenters. The van der Waals surface area contributed by atoms with Crippen LogP contribution in [0.2, 0.25) is 0 Å². The highest BCUT2D eigenvalue weighted by atomic mass is 19.3. The first-order valence-electron chi connectivity index (χ1n) is 7.92. The van der Waals surface area contributed by atoms with Crippen LogP contribution in [0.25, 0.3) is 0 Å². The van der Waals surface area contributed by atoms with E-state index in [0.29, 0.717) is 6.54 Å². The van der Waals surface area contributed by atoms with Crippen LogP contribution in [-0.4, -0.2) is 47.6 Å². The lowest BCUT2D eigenvalue weighted by Crippen LogP contribution is -2.53. The standard InChI is InChI=1S/C17H24F2N2O2/c1-17(18,19)9-16(23)20-15-11-21(8-7-14(15)12-22)10-13-5-3-2-4-6-13/h2-6,14-15,22H,7-12H2,1H3,(H,20,23)/t14-,15+/m1/s1. The maximum absolute atomic E-state index is 12.9. The Hall–Kier alpha value is -1.53. The van der Waals surface area contributed by atoms with Gasteiger partial charge in [0.1, 0.15) is 0 Å². The van der Waals surface area contributed by atoms with Crippen molar-refractivity contribution in [2.24, 2.45) is 5.92 Å². The first-order valence-corrected chi connectivity index (χ1v) is 7.92. The van der Waals surface area contributed by atoms with E-state index in [1.165, 1.54) is 5.56 Å². The number of amides is 1. The Labute approximate surface area is 135 Å². The van der Waals surface area contributed by atoms with Gasteiger partial charge in [-0.3, -0.25) is 9.69 Å². The number of piperidine rings is 1. The number of nitrogens with one attached hydrogen (secondary N) is 1. The third kappa shape index (κ3) is 5.88. The highest BCUT2D eigenvalue weighted by Gasteiger charge is 2.32. The molecular formula is C17H24F2N2O2. The Kier molecular flexibility index (Phi) is 6.07. The van der Waals surface area contributed by atoms with Crippen LogP contribution in [0.15, 0.2) is 30.3 Å². The Morgan fingerprint density at radius 3 is 2.70 bits per heavy atom. The zero-order valence-corrected chi connectivity index (χ0v) is 13.3. The highest BCUT2D eigenvalue weighted by Crippen LogP contribution is 2.21. The molecule has 1 fully saturated rings. The lowest BCUT2D eigenvalue weighted by atomic mass is 9.91. The van der Waals surface area contributed by atoms with Crippen molar-refractivity contribution < 1.29 is 18.7 Å². The van der Waals surface area contributed by atoms with E-state index >= 15 is 0 Å². The van der Waals surface area contributed by atoms with Gasteiger partial charge in [0.2, 0.25) is 5.91 Å².